The van der Waals surface area contributed by atoms with Gasteiger partial charge in [0.05, 0.1) is 17.9 Å². The summed E-state index contributed by atoms with van der Waals surface area (Å²) in [5.41, 5.74) is 1.53. The van der Waals surface area contributed by atoms with Crippen LogP contribution in [0, 0.1) is 11.8 Å². The number of rotatable bonds is 6. The quantitative estimate of drug-likeness (QED) is 0.863. The lowest BCUT2D eigenvalue weighted by Gasteiger charge is -2.24. The van der Waals surface area contributed by atoms with E-state index in [-0.39, 0.29) is 17.7 Å². The molecule has 1 aromatic rings. The van der Waals surface area contributed by atoms with Gasteiger partial charge < -0.3 is 14.8 Å². The number of hydrogen-bond acceptors (Lipinski definition) is 3. The van der Waals surface area contributed by atoms with E-state index in [0.717, 1.165) is 38.0 Å². The fourth-order valence-electron chi connectivity index (χ4n) is 3.19. The average molecular weight is 318 g/mol. The summed E-state index contributed by atoms with van der Waals surface area (Å²) in [6.45, 7) is 4.23. The summed E-state index contributed by atoms with van der Waals surface area (Å²) >= 11 is 0. The fourth-order valence-corrected chi connectivity index (χ4v) is 3.19. The summed E-state index contributed by atoms with van der Waals surface area (Å²) in [5.74, 6) is 0.820. The van der Waals surface area contributed by atoms with E-state index in [1.165, 1.54) is 12.8 Å². The number of imidazole rings is 1. The summed E-state index contributed by atoms with van der Waals surface area (Å²) in [5, 5.41) is 3.06. The van der Waals surface area contributed by atoms with Crippen LogP contribution in [-0.2, 0) is 17.8 Å². The summed E-state index contributed by atoms with van der Waals surface area (Å²) in [7, 11) is 1.81. The van der Waals surface area contributed by atoms with Crippen LogP contribution in [0.5, 0.6) is 0 Å². The van der Waals surface area contributed by atoms with Crippen molar-refractivity contribution in [1.82, 2.24) is 19.8 Å². The molecule has 2 heterocycles. The summed E-state index contributed by atoms with van der Waals surface area (Å²) in [6.07, 6.45) is 6.66. The Labute approximate surface area is 137 Å². The van der Waals surface area contributed by atoms with Crippen molar-refractivity contribution >= 4 is 11.8 Å². The van der Waals surface area contributed by atoms with Crippen LogP contribution in [0.1, 0.15) is 48.8 Å². The normalized spacial score (nSPS) is 20.0. The Morgan fingerprint density at radius 1 is 1.39 bits per heavy atom. The third-order valence-electron chi connectivity index (χ3n) is 4.83. The summed E-state index contributed by atoms with van der Waals surface area (Å²) in [6, 6.07) is 0. The van der Waals surface area contributed by atoms with Crippen molar-refractivity contribution in [2.45, 2.75) is 45.6 Å². The Morgan fingerprint density at radius 3 is 2.87 bits per heavy atom. The van der Waals surface area contributed by atoms with E-state index in [1.54, 1.807) is 11.2 Å². The first-order valence-corrected chi connectivity index (χ1v) is 8.67. The molecule has 1 aromatic heterocycles. The van der Waals surface area contributed by atoms with Gasteiger partial charge in [-0.1, -0.05) is 6.92 Å². The molecule has 0 saturated heterocycles. The molecular formula is C17H26N4O2. The Bertz CT molecular complexity index is 591. The maximum absolute atomic E-state index is 12.4. The van der Waals surface area contributed by atoms with Crippen LogP contribution in [0.4, 0.5) is 0 Å². The molecule has 1 aliphatic carbocycles. The number of aromatic nitrogens is 2. The van der Waals surface area contributed by atoms with Gasteiger partial charge in [-0.3, -0.25) is 9.59 Å². The summed E-state index contributed by atoms with van der Waals surface area (Å²) < 4.78 is 1.98. The average Bonchev–Trinajstić information content (AvgIpc) is 3.29. The standard InChI is InChI=1S/C17H26N4O2/c1-3-8-20(2)17(23)15-14-7-6-13(10-21(14)11-19-15)16(22)18-9-12-4-5-12/h11-13H,3-10H2,1-2H3,(H,18,22). The maximum atomic E-state index is 12.4. The molecule has 1 unspecified atom stereocenters. The zero-order valence-electron chi connectivity index (χ0n) is 14.0. The summed E-state index contributed by atoms with van der Waals surface area (Å²) in [4.78, 5) is 30.7. The Kier molecular flexibility index (Phi) is 4.68. The smallest absolute Gasteiger partial charge is 0.274 e. The van der Waals surface area contributed by atoms with Gasteiger partial charge in [-0.15, -0.1) is 0 Å². The van der Waals surface area contributed by atoms with Gasteiger partial charge in [0, 0.05) is 26.7 Å². The molecule has 1 saturated carbocycles. The van der Waals surface area contributed by atoms with E-state index in [0.29, 0.717) is 18.2 Å². The number of nitrogens with zero attached hydrogens (tertiary/aromatic N) is 3. The van der Waals surface area contributed by atoms with Crippen LogP contribution in [0.2, 0.25) is 0 Å². The van der Waals surface area contributed by atoms with Crippen LogP contribution >= 0.6 is 0 Å². The van der Waals surface area contributed by atoms with E-state index >= 15 is 0 Å². The van der Waals surface area contributed by atoms with E-state index in [9.17, 15) is 9.59 Å². The van der Waals surface area contributed by atoms with E-state index in [2.05, 4.69) is 17.2 Å². The second-order valence-corrected chi connectivity index (χ2v) is 6.84. The molecule has 0 bridgehead atoms. The number of carbonyl (C=O) groups is 2. The highest BCUT2D eigenvalue weighted by atomic mass is 16.2. The second kappa shape index (κ2) is 6.72. The predicted molar refractivity (Wildman–Crippen MR) is 87.0 cm³/mol. The van der Waals surface area contributed by atoms with E-state index in [1.807, 2.05) is 11.6 Å². The molecular weight excluding hydrogens is 292 g/mol. The molecule has 1 atom stereocenters. The first-order valence-electron chi connectivity index (χ1n) is 8.67. The van der Waals surface area contributed by atoms with Gasteiger partial charge in [0.15, 0.2) is 0 Å². The molecule has 6 nitrogen and oxygen atoms in total. The lowest BCUT2D eigenvalue weighted by Crippen LogP contribution is -2.37. The van der Waals surface area contributed by atoms with Crippen molar-refractivity contribution in [3.8, 4) is 0 Å². The second-order valence-electron chi connectivity index (χ2n) is 6.84. The van der Waals surface area contributed by atoms with Gasteiger partial charge in [-0.25, -0.2) is 4.98 Å². The van der Waals surface area contributed by atoms with Crippen molar-refractivity contribution in [1.29, 1.82) is 0 Å². The van der Waals surface area contributed by atoms with Crippen LogP contribution in [0.15, 0.2) is 6.33 Å². The van der Waals surface area contributed by atoms with Gasteiger partial charge >= 0.3 is 0 Å². The minimum Gasteiger partial charge on any atom is -0.356 e. The van der Waals surface area contributed by atoms with Crippen LogP contribution in [0.25, 0.3) is 0 Å². The van der Waals surface area contributed by atoms with Crippen molar-refractivity contribution in [2.24, 2.45) is 11.8 Å². The molecule has 0 spiro atoms. The van der Waals surface area contributed by atoms with Crippen LogP contribution < -0.4 is 5.32 Å². The molecule has 1 N–H and O–H groups in total. The molecule has 2 amide bonds. The first-order chi connectivity index (χ1) is 11.1. The minimum atomic E-state index is -0.0164. The zero-order chi connectivity index (χ0) is 16.4. The van der Waals surface area contributed by atoms with Crippen molar-refractivity contribution < 1.29 is 9.59 Å². The minimum absolute atomic E-state index is 0.00762. The third kappa shape index (κ3) is 3.57. The highest BCUT2D eigenvalue weighted by Crippen LogP contribution is 2.28. The Morgan fingerprint density at radius 2 is 2.17 bits per heavy atom. The number of amides is 2. The van der Waals surface area contributed by atoms with E-state index in [4.69, 9.17) is 0 Å². The molecule has 3 rings (SSSR count). The molecule has 1 aliphatic heterocycles. The SMILES string of the molecule is CCCN(C)C(=O)c1ncn2c1CCC(C(=O)NCC1CC1)C2. The molecule has 2 aliphatic rings. The maximum Gasteiger partial charge on any atom is 0.274 e. The first kappa shape index (κ1) is 16.0. The van der Waals surface area contributed by atoms with Crippen LogP contribution in [-0.4, -0.2) is 46.4 Å². The lowest BCUT2D eigenvalue weighted by molar-refractivity contribution is -0.126. The Hall–Kier alpha value is -1.85. The van der Waals surface area contributed by atoms with Crippen molar-refractivity contribution in [3.05, 3.63) is 17.7 Å². The molecule has 126 valence electrons. The fraction of sp³-hybridized carbons (Fsp3) is 0.706. The largest absolute Gasteiger partial charge is 0.356 e. The van der Waals surface area contributed by atoms with Crippen molar-refractivity contribution in [2.75, 3.05) is 20.1 Å². The number of hydrogen-bond donors (Lipinski definition) is 1. The van der Waals surface area contributed by atoms with Gasteiger partial charge in [0.2, 0.25) is 5.91 Å². The van der Waals surface area contributed by atoms with Gasteiger partial charge in [-0.05, 0) is 38.0 Å². The highest BCUT2D eigenvalue weighted by Gasteiger charge is 2.30. The lowest BCUT2D eigenvalue weighted by atomic mass is 9.96. The van der Waals surface area contributed by atoms with Gasteiger partial charge in [-0.2, -0.15) is 0 Å². The van der Waals surface area contributed by atoms with Crippen LogP contribution in [0.3, 0.4) is 0 Å². The molecule has 0 aromatic carbocycles. The third-order valence-corrected chi connectivity index (χ3v) is 4.83. The van der Waals surface area contributed by atoms with E-state index < -0.39 is 0 Å². The highest BCUT2D eigenvalue weighted by molar-refractivity contribution is 5.93. The topological polar surface area (TPSA) is 67.2 Å². The number of carbonyl (C=O) groups excluding carboxylic acids is 2. The molecule has 6 heteroatoms. The monoisotopic (exact) mass is 318 g/mol. The molecule has 1 fully saturated rings. The number of fused-ring (bicyclic) bond motifs is 1. The van der Waals surface area contributed by atoms with Gasteiger partial charge in [0.25, 0.3) is 5.91 Å². The van der Waals surface area contributed by atoms with Crippen molar-refractivity contribution in [3.63, 3.8) is 0 Å². The zero-order valence-corrected chi connectivity index (χ0v) is 14.0. The van der Waals surface area contributed by atoms with Gasteiger partial charge in [0.1, 0.15) is 5.69 Å². The number of nitrogens with one attached hydrogen (secondary N) is 1. The Balaban J connectivity index is 1.63. The predicted octanol–water partition coefficient (Wildman–Crippen LogP) is 1.45. The molecule has 0 radical (unpaired) electrons. The molecule has 23 heavy (non-hydrogen) atoms.